The monoisotopic (exact) mass is 577 g/mol. The molecule has 0 spiro atoms. The predicted octanol–water partition coefficient (Wildman–Crippen LogP) is 2.07. The lowest BCUT2D eigenvalue weighted by molar-refractivity contribution is -0.385. The van der Waals surface area contributed by atoms with Crippen LogP contribution in [-0.4, -0.2) is 55.4 Å². The van der Waals surface area contributed by atoms with E-state index in [1.54, 1.807) is 0 Å². The molecule has 40 heavy (non-hydrogen) atoms. The van der Waals surface area contributed by atoms with Gasteiger partial charge in [0.05, 0.1) is 17.0 Å². The van der Waals surface area contributed by atoms with E-state index in [1.165, 1.54) is 48.5 Å². The van der Waals surface area contributed by atoms with Gasteiger partial charge in [0.25, 0.3) is 21.6 Å². The number of nitro groups is 2. The van der Waals surface area contributed by atoms with E-state index in [0.29, 0.717) is 24.0 Å². The number of esters is 1. The first-order chi connectivity index (χ1) is 19.0. The second-order valence-electron chi connectivity index (χ2n) is 9.47. The fourth-order valence-corrected chi connectivity index (χ4v) is 5.74. The molecule has 1 amide bonds. The first-order valence-corrected chi connectivity index (χ1v) is 14.1. The molecule has 1 aliphatic rings. The Bertz CT molecular complexity index is 1310. The van der Waals surface area contributed by atoms with Crippen molar-refractivity contribution in [3.63, 3.8) is 0 Å². The van der Waals surface area contributed by atoms with Crippen LogP contribution in [0.3, 0.4) is 0 Å². The van der Waals surface area contributed by atoms with E-state index in [4.69, 9.17) is 4.74 Å². The molecule has 2 aromatic carbocycles. The smallest absolute Gasteiger partial charge is 0.328 e. The van der Waals surface area contributed by atoms with Gasteiger partial charge in [-0.05, 0) is 30.4 Å². The van der Waals surface area contributed by atoms with Gasteiger partial charge in [0.1, 0.15) is 12.1 Å². The molecule has 0 radical (unpaired) electrons. The van der Waals surface area contributed by atoms with Crippen LogP contribution in [0.5, 0.6) is 0 Å². The molecular formula is C25H31N5O9S. The van der Waals surface area contributed by atoms with Gasteiger partial charge in [-0.3, -0.25) is 25.0 Å². The normalized spacial score (nSPS) is 15.5. The molecule has 0 saturated heterocycles. The Morgan fingerprint density at radius 1 is 0.875 bits per heavy atom. The SMILES string of the molecule is COC(=O)[C@H](Cc1ccc([N+](=O)[O-])cc1)NC(=O)[C@@H](Cc1ccc([N+](=O)[O-])cc1)NS(=O)(=O)NC1CCCCC1. The third-order valence-electron chi connectivity index (χ3n) is 6.52. The van der Waals surface area contributed by atoms with Crippen molar-refractivity contribution in [2.45, 2.75) is 63.1 Å². The zero-order chi connectivity index (χ0) is 29.3. The lowest BCUT2D eigenvalue weighted by Gasteiger charge is -2.26. The molecule has 1 aliphatic carbocycles. The number of non-ortho nitro benzene ring substituents is 2. The molecular weight excluding hydrogens is 546 g/mol. The maximum Gasteiger partial charge on any atom is 0.328 e. The number of hydrogen-bond donors (Lipinski definition) is 3. The number of carbonyl (C=O) groups is 2. The highest BCUT2D eigenvalue weighted by Gasteiger charge is 2.31. The van der Waals surface area contributed by atoms with Crippen molar-refractivity contribution in [1.82, 2.24) is 14.8 Å². The lowest BCUT2D eigenvalue weighted by Crippen LogP contribution is -2.56. The van der Waals surface area contributed by atoms with Gasteiger partial charge in [0.2, 0.25) is 5.91 Å². The number of nitrogens with one attached hydrogen (secondary N) is 3. The Morgan fingerprint density at radius 3 is 1.80 bits per heavy atom. The minimum Gasteiger partial charge on any atom is -0.467 e. The lowest BCUT2D eigenvalue weighted by atomic mass is 9.96. The summed E-state index contributed by atoms with van der Waals surface area (Å²) < 4.78 is 35.7. The largest absolute Gasteiger partial charge is 0.467 e. The molecule has 1 saturated carbocycles. The van der Waals surface area contributed by atoms with Crippen LogP contribution in [0.25, 0.3) is 0 Å². The molecule has 0 bridgehead atoms. The standard InChI is InChI=1S/C25H31N5O9S/c1-39-25(32)23(16-18-9-13-21(14-10-18)30(35)36)26-24(31)22(15-17-7-11-20(12-8-17)29(33)34)28-40(37,38)27-19-5-3-2-4-6-19/h7-14,19,22-23,27-28H,2-6,15-16H2,1H3,(H,26,31)/t22-,23+/m1/s1. The second kappa shape index (κ2) is 13.9. The van der Waals surface area contributed by atoms with Gasteiger partial charge in [-0.25, -0.2) is 4.79 Å². The Kier molecular flexibility index (Phi) is 10.6. The van der Waals surface area contributed by atoms with E-state index in [-0.39, 0.29) is 30.3 Å². The number of ether oxygens (including phenoxy) is 1. The van der Waals surface area contributed by atoms with Crippen molar-refractivity contribution in [1.29, 1.82) is 0 Å². The molecule has 0 aliphatic heterocycles. The van der Waals surface area contributed by atoms with Gasteiger partial charge in [-0.15, -0.1) is 0 Å². The first kappa shape index (κ1) is 30.6. The van der Waals surface area contributed by atoms with Crippen LogP contribution in [0, 0.1) is 20.2 Å². The average Bonchev–Trinajstić information content (AvgIpc) is 2.92. The minimum absolute atomic E-state index is 0.0757. The molecule has 0 unspecified atom stereocenters. The molecule has 15 heteroatoms. The topological polar surface area (TPSA) is 200 Å². The summed E-state index contributed by atoms with van der Waals surface area (Å²) in [5.74, 6) is -1.63. The van der Waals surface area contributed by atoms with Gasteiger partial charge in [-0.2, -0.15) is 17.9 Å². The van der Waals surface area contributed by atoms with Crippen molar-refractivity contribution >= 4 is 33.5 Å². The van der Waals surface area contributed by atoms with Gasteiger partial charge in [0.15, 0.2) is 0 Å². The molecule has 14 nitrogen and oxygen atoms in total. The van der Waals surface area contributed by atoms with E-state index in [9.17, 15) is 38.2 Å². The number of methoxy groups -OCH3 is 1. The second-order valence-corrected chi connectivity index (χ2v) is 10.9. The van der Waals surface area contributed by atoms with Crippen LogP contribution in [0.1, 0.15) is 43.2 Å². The van der Waals surface area contributed by atoms with Crippen molar-refractivity contribution in [2.75, 3.05) is 7.11 Å². The number of rotatable bonds is 13. The fourth-order valence-electron chi connectivity index (χ4n) is 4.44. The van der Waals surface area contributed by atoms with E-state index in [2.05, 4.69) is 14.8 Å². The molecule has 3 rings (SSSR count). The van der Waals surface area contributed by atoms with E-state index >= 15 is 0 Å². The summed E-state index contributed by atoms with van der Waals surface area (Å²) in [5, 5.41) is 24.5. The predicted molar refractivity (Wildman–Crippen MR) is 143 cm³/mol. The van der Waals surface area contributed by atoms with Crippen LogP contribution >= 0.6 is 0 Å². The molecule has 1 fully saturated rings. The third kappa shape index (κ3) is 9.07. The number of hydrogen-bond acceptors (Lipinski definition) is 9. The number of carbonyl (C=O) groups excluding carboxylic acids is 2. The van der Waals surface area contributed by atoms with Crippen molar-refractivity contribution in [3.05, 3.63) is 79.9 Å². The highest BCUT2D eigenvalue weighted by molar-refractivity contribution is 7.87. The summed E-state index contributed by atoms with van der Waals surface area (Å²) >= 11 is 0. The van der Waals surface area contributed by atoms with E-state index in [0.717, 1.165) is 26.4 Å². The molecule has 2 aromatic rings. The summed E-state index contributed by atoms with van der Waals surface area (Å²) in [6.07, 6.45) is 3.86. The maximum absolute atomic E-state index is 13.4. The van der Waals surface area contributed by atoms with E-state index < -0.39 is 44.0 Å². The van der Waals surface area contributed by atoms with Crippen LogP contribution in [0.15, 0.2) is 48.5 Å². The summed E-state index contributed by atoms with van der Waals surface area (Å²) in [7, 11) is -3.02. The Morgan fingerprint density at radius 2 is 1.35 bits per heavy atom. The zero-order valence-electron chi connectivity index (χ0n) is 21.8. The van der Waals surface area contributed by atoms with Crippen LogP contribution in [-0.2, 0) is 37.4 Å². The third-order valence-corrected chi connectivity index (χ3v) is 7.76. The van der Waals surface area contributed by atoms with Crippen LogP contribution in [0.4, 0.5) is 11.4 Å². The minimum atomic E-state index is -4.15. The zero-order valence-corrected chi connectivity index (χ0v) is 22.6. The van der Waals surface area contributed by atoms with Gasteiger partial charge < -0.3 is 10.1 Å². The average molecular weight is 578 g/mol. The molecule has 216 valence electrons. The van der Waals surface area contributed by atoms with Crippen molar-refractivity contribution < 1.29 is 32.6 Å². The molecule has 0 aromatic heterocycles. The molecule has 2 atom stereocenters. The van der Waals surface area contributed by atoms with Crippen LogP contribution < -0.4 is 14.8 Å². The number of nitrogens with zero attached hydrogens (tertiary/aromatic N) is 2. The van der Waals surface area contributed by atoms with Gasteiger partial charge in [0, 0.05) is 36.7 Å². The van der Waals surface area contributed by atoms with Gasteiger partial charge in [-0.1, -0.05) is 43.5 Å². The fraction of sp³-hybridized carbons (Fsp3) is 0.440. The highest BCUT2D eigenvalue weighted by atomic mass is 32.2. The number of benzene rings is 2. The van der Waals surface area contributed by atoms with Crippen molar-refractivity contribution in [2.24, 2.45) is 0 Å². The summed E-state index contributed by atoms with van der Waals surface area (Å²) in [6, 6.07) is 7.81. The Hall–Kier alpha value is -3.95. The van der Waals surface area contributed by atoms with Crippen molar-refractivity contribution in [3.8, 4) is 0 Å². The van der Waals surface area contributed by atoms with Crippen LogP contribution in [0.2, 0.25) is 0 Å². The van der Waals surface area contributed by atoms with Gasteiger partial charge >= 0.3 is 5.97 Å². The quantitative estimate of drug-likeness (QED) is 0.181. The Labute approximate surface area is 231 Å². The number of amides is 1. The highest BCUT2D eigenvalue weighted by Crippen LogP contribution is 2.19. The molecule has 3 N–H and O–H groups in total. The Balaban J connectivity index is 1.81. The summed E-state index contributed by atoms with van der Waals surface area (Å²) in [6.45, 7) is 0. The number of nitro benzene ring substituents is 2. The maximum atomic E-state index is 13.4. The first-order valence-electron chi connectivity index (χ1n) is 12.6. The summed E-state index contributed by atoms with van der Waals surface area (Å²) in [4.78, 5) is 46.7. The van der Waals surface area contributed by atoms with E-state index in [1.807, 2.05) is 0 Å². The summed E-state index contributed by atoms with van der Waals surface area (Å²) in [5.41, 5.74) is 0.618. The molecule has 0 heterocycles.